The lowest BCUT2D eigenvalue weighted by atomic mass is 9.74. The van der Waals surface area contributed by atoms with Crippen LogP contribution in [-0.4, -0.2) is 22.2 Å². The molecule has 1 N–H and O–H groups in total. The molecular formula is C15H23N3O. The number of hydrogen-bond donors (Lipinski definition) is 1. The topological polar surface area (TPSA) is 46.9 Å². The van der Waals surface area contributed by atoms with Crippen LogP contribution in [-0.2, 0) is 11.3 Å². The van der Waals surface area contributed by atoms with Crippen LogP contribution >= 0.6 is 0 Å². The first-order valence-corrected chi connectivity index (χ1v) is 7.43. The predicted molar refractivity (Wildman–Crippen MR) is 73.7 cm³/mol. The molecule has 2 aliphatic rings. The molecule has 3 rings (SSSR count). The van der Waals surface area contributed by atoms with E-state index in [2.05, 4.69) is 35.0 Å². The van der Waals surface area contributed by atoms with Gasteiger partial charge in [0.1, 0.15) is 0 Å². The van der Waals surface area contributed by atoms with Gasteiger partial charge in [-0.3, -0.25) is 9.48 Å². The molecule has 0 radical (unpaired) electrons. The molecule has 4 nitrogen and oxygen atoms in total. The summed E-state index contributed by atoms with van der Waals surface area (Å²) >= 11 is 0. The number of hydrogen-bond acceptors (Lipinski definition) is 2. The minimum atomic E-state index is -0.144. The average Bonchev–Trinajstić information content (AvgIpc) is 3.04. The molecule has 1 saturated carbocycles. The van der Waals surface area contributed by atoms with Gasteiger partial charge < -0.3 is 5.32 Å². The number of aromatic nitrogens is 2. The van der Waals surface area contributed by atoms with Crippen LogP contribution in [0.15, 0.2) is 12.3 Å². The van der Waals surface area contributed by atoms with Gasteiger partial charge >= 0.3 is 0 Å². The summed E-state index contributed by atoms with van der Waals surface area (Å²) in [5.41, 5.74) is 1.10. The van der Waals surface area contributed by atoms with Crippen molar-refractivity contribution < 1.29 is 4.79 Å². The van der Waals surface area contributed by atoms with E-state index >= 15 is 0 Å². The van der Waals surface area contributed by atoms with Gasteiger partial charge in [0.05, 0.1) is 5.41 Å². The van der Waals surface area contributed by atoms with Gasteiger partial charge in [-0.15, -0.1) is 0 Å². The lowest BCUT2D eigenvalue weighted by Gasteiger charge is -2.28. The minimum absolute atomic E-state index is 0.144. The maximum Gasteiger partial charge on any atom is 0.226 e. The Labute approximate surface area is 114 Å². The molecule has 0 bridgehead atoms. The highest BCUT2D eigenvalue weighted by Gasteiger charge is 2.52. The van der Waals surface area contributed by atoms with Crippen LogP contribution in [0.1, 0.15) is 51.1 Å². The Morgan fingerprint density at radius 3 is 2.89 bits per heavy atom. The summed E-state index contributed by atoms with van der Waals surface area (Å²) in [7, 11) is 0. The molecule has 4 heteroatoms. The quantitative estimate of drug-likeness (QED) is 0.907. The number of nitrogens with zero attached hydrogens (tertiary/aromatic N) is 2. The van der Waals surface area contributed by atoms with Crippen LogP contribution < -0.4 is 5.32 Å². The Morgan fingerprint density at radius 1 is 1.47 bits per heavy atom. The summed E-state index contributed by atoms with van der Waals surface area (Å²) in [5.74, 6) is 1.15. The number of amides is 1. The molecule has 104 valence electrons. The summed E-state index contributed by atoms with van der Waals surface area (Å²) < 4.78 is 2.11. The Hall–Kier alpha value is -1.32. The molecule has 1 aromatic rings. The summed E-state index contributed by atoms with van der Waals surface area (Å²) in [6, 6.07) is 2.10. The van der Waals surface area contributed by atoms with Gasteiger partial charge in [0.15, 0.2) is 0 Å². The number of rotatable bonds is 3. The van der Waals surface area contributed by atoms with Crippen molar-refractivity contribution in [2.75, 3.05) is 6.54 Å². The summed E-state index contributed by atoms with van der Waals surface area (Å²) in [6.07, 6.45) is 6.32. The molecule has 1 saturated heterocycles. The number of carbonyl (C=O) groups excluding carboxylic acids is 1. The second-order valence-corrected chi connectivity index (χ2v) is 6.46. The highest BCUT2D eigenvalue weighted by molar-refractivity contribution is 5.86. The zero-order valence-electron chi connectivity index (χ0n) is 11.9. The highest BCUT2D eigenvalue weighted by atomic mass is 16.2. The van der Waals surface area contributed by atoms with Crippen molar-refractivity contribution in [1.29, 1.82) is 0 Å². The van der Waals surface area contributed by atoms with E-state index < -0.39 is 0 Å². The molecule has 19 heavy (non-hydrogen) atoms. The maximum atomic E-state index is 12.3. The Bertz CT molecular complexity index is 471. The van der Waals surface area contributed by atoms with Gasteiger partial charge in [0.25, 0.3) is 0 Å². The van der Waals surface area contributed by atoms with Crippen LogP contribution in [0, 0.1) is 11.3 Å². The lowest BCUT2D eigenvalue weighted by Crippen LogP contribution is -2.32. The molecule has 1 aromatic heterocycles. The van der Waals surface area contributed by atoms with E-state index in [4.69, 9.17) is 0 Å². The minimum Gasteiger partial charge on any atom is -0.355 e. The van der Waals surface area contributed by atoms with Crippen molar-refractivity contribution in [3.8, 4) is 0 Å². The van der Waals surface area contributed by atoms with E-state index in [0.29, 0.717) is 11.8 Å². The molecule has 1 spiro atoms. The molecular weight excluding hydrogens is 238 g/mol. The van der Waals surface area contributed by atoms with E-state index in [1.54, 1.807) is 0 Å². The Kier molecular flexibility index (Phi) is 3.11. The first-order chi connectivity index (χ1) is 9.13. The van der Waals surface area contributed by atoms with Crippen LogP contribution in [0.3, 0.4) is 0 Å². The van der Waals surface area contributed by atoms with Crippen molar-refractivity contribution in [3.63, 3.8) is 0 Å². The summed E-state index contributed by atoms with van der Waals surface area (Å²) in [6.45, 7) is 6.12. The summed E-state index contributed by atoms with van der Waals surface area (Å²) in [5, 5.41) is 7.55. The Morgan fingerprint density at radius 2 is 2.21 bits per heavy atom. The molecule has 2 heterocycles. The molecule has 0 aromatic carbocycles. The van der Waals surface area contributed by atoms with Crippen molar-refractivity contribution >= 4 is 5.91 Å². The normalized spacial score (nSPS) is 25.4. The smallest absolute Gasteiger partial charge is 0.226 e. The van der Waals surface area contributed by atoms with Crippen LogP contribution in [0.4, 0.5) is 0 Å². The van der Waals surface area contributed by atoms with Gasteiger partial charge in [-0.05, 0) is 24.8 Å². The second-order valence-electron chi connectivity index (χ2n) is 6.46. The molecule has 0 unspecified atom stereocenters. The zero-order valence-corrected chi connectivity index (χ0v) is 11.9. The van der Waals surface area contributed by atoms with E-state index in [1.165, 1.54) is 18.5 Å². The van der Waals surface area contributed by atoms with Gasteiger partial charge in [-0.2, -0.15) is 5.10 Å². The maximum absolute atomic E-state index is 12.3. The fourth-order valence-corrected chi connectivity index (χ4v) is 3.83. The van der Waals surface area contributed by atoms with Gasteiger partial charge in [0, 0.05) is 30.9 Å². The third kappa shape index (κ3) is 1.97. The van der Waals surface area contributed by atoms with Gasteiger partial charge in [-0.25, -0.2) is 0 Å². The predicted octanol–water partition coefficient (Wildman–Crippen LogP) is 2.31. The highest BCUT2D eigenvalue weighted by Crippen LogP contribution is 2.51. The largest absolute Gasteiger partial charge is 0.355 e. The first kappa shape index (κ1) is 12.7. The average molecular weight is 261 g/mol. The van der Waals surface area contributed by atoms with E-state index in [1.807, 2.05) is 6.20 Å². The standard InChI is InChI=1S/C15H23N3O/c1-11(2)10-18-13(5-8-17-18)12-9-16-14(19)15(12)6-3-4-7-15/h5,8,11-12H,3-4,6-7,9-10H2,1-2H3,(H,16,19)/t12-/m1/s1. The van der Waals surface area contributed by atoms with Gasteiger partial charge in [-0.1, -0.05) is 26.7 Å². The van der Waals surface area contributed by atoms with Crippen LogP contribution in [0.2, 0.25) is 0 Å². The molecule has 2 fully saturated rings. The van der Waals surface area contributed by atoms with E-state index in [-0.39, 0.29) is 11.3 Å². The fraction of sp³-hybridized carbons (Fsp3) is 0.733. The third-order valence-electron chi connectivity index (χ3n) is 4.73. The Balaban J connectivity index is 1.93. The molecule has 1 aliphatic heterocycles. The molecule has 1 atom stereocenters. The molecule has 1 amide bonds. The summed E-state index contributed by atoms with van der Waals surface area (Å²) in [4.78, 5) is 12.3. The number of carbonyl (C=O) groups is 1. The van der Waals surface area contributed by atoms with Gasteiger partial charge in [0.2, 0.25) is 5.91 Å². The second kappa shape index (κ2) is 4.66. The number of nitrogens with one attached hydrogen (secondary N) is 1. The van der Waals surface area contributed by atoms with Crippen molar-refractivity contribution in [2.24, 2.45) is 11.3 Å². The van der Waals surface area contributed by atoms with Crippen molar-refractivity contribution in [1.82, 2.24) is 15.1 Å². The molecule has 1 aliphatic carbocycles. The SMILES string of the molecule is CC(C)Cn1nccc1[C@H]1CNC(=O)C12CCCC2. The van der Waals surface area contributed by atoms with Crippen molar-refractivity contribution in [2.45, 2.75) is 52.0 Å². The fourth-order valence-electron chi connectivity index (χ4n) is 3.83. The zero-order chi connectivity index (χ0) is 13.5. The van der Waals surface area contributed by atoms with E-state index in [0.717, 1.165) is 25.9 Å². The first-order valence-electron chi connectivity index (χ1n) is 7.43. The lowest BCUT2D eigenvalue weighted by molar-refractivity contribution is -0.127. The monoisotopic (exact) mass is 261 g/mol. The van der Waals surface area contributed by atoms with Crippen molar-refractivity contribution in [3.05, 3.63) is 18.0 Å². The third-order valence-corrected chi connectivity index (χ3v) is 4.73. The van der Waals surface area contributed by atoms with E-state index in [9.17, 15) is 4.79 Å². The van der Waals surface area contributed by atoms with Crippen LogP contribution in [0.25, 0.3) is 0 Å². The van der Waals surface area contributed by atoms with Crippen LogP contribution in [0.5, 0.6) is 0 Å².